The Morgan fingerprint density at radius 1 is 1.36 bits per heavy atom. The van der Waals surface area contributed by atoms with Gasteiger partial charge in [0.2, 0.25) is 0 Å². The van der Waals surface area contributed by atoms with Crippen LogP contribution < -0.4 is 5.11 Å². The number of carbonyl (C=O) groups is 1. The van der Waals surface area contributed by atoms with Crippen molar-refractivity contribution in [2.45, 2.75) is 51.6 Å². The van der Waals surface area contributed by atoms with E-state index in [-0.39, 0.29) is 0 Å². The fraction of sp³-hybridized carbons (Fsp3) is 0.600. The maximum atomic E-state index is 11.8. The third kappa shape index (κ3) is 3.09. The highest BCUT2D eigenvalue weighted by Gasteiger charge is 2.54. The van der Waals surface area contributed by atoms with Crippen LogP contribution in [0.2, 0.25) is 0 Å². The number of nitrogens with zero attached hydrogens (tertiary/aromatic N) is 1. The summed E-state index contributed by atoms with van der Waals surface area (Å²) in [5, 5.41) is 11.5. The lowest BCUT2D eigenvalue weighted by Crippen LogP contribution is -2.54. The van der Waals surface area contributed by atoms with Crippen molar-refractivity contribution in [1.82, 2.24) is 4.98 Å². The lowest BCUT2D eigenvalue weighted by molar-refractivity contribution is -0.308. The van der Waals surface area contributed by atoms with Crippen LogP contribution in [0.3, 0.4) is 0 Å². The minimum absolute atomic E-state index is 0.520. The highest BCUT2D eigenvalue weighted by atomic mass is 31.2. The third-order valence-corrected chi connectivity index (χ3v) is 6.43. The number of carboxylic acids is 1. The van der Waals surface area contributed by atoms with Crippen LogP contribution >= 0.6 is 7.60 Å². The van der Waals surface area contributed by atoms with Gasteiger partial charge in [0.05, 0.1) is 5.97 Å². The molecule has 0 aliphatic rings. The van der Waals surface area contributed by atoms with Crippen LogP contribution in [0, 0.1) is 5.41 Å². The number of hydrogen-bond donors (Lipinski definition) is 2. The van der Waals surface area contributed by atoms with Crippen LogP contribution in [0.5, 0.6) is 0 Å². The smallest absolute Gasteiger partial charge is 0.334 e. The minimum atomic E-state index is -4.88. The normalized spacial score (nSPS) is 14.6. The molecule has 0 aliphatic carbocycles. The molecule has 0 amide bonds. The lowest BCUT2D eigenvalue weighted by atomic mass is 9.57. The van der Waals surface area contributed by atoms with E-state index in [4.69, 9.17) is 0 Å². The van der Waals surface area contributed by atoms with E-state index in [2.05, 4.69) is 4.98 Å². The fourth-order valence-corrected chi connectivity index (χ4v) is 5.06. The minimum Gasteiger partial charge on any atom is -0.549 e. The van der Waals surface area contributed by atoms with Crippen molar-refractivity contribution in [2.24, 2.45) is 5.41 Å². The first-order valence-corrected chi connectivity index (χ1v) is 8.89. The molecule has 0 aliphatic heterocycles. The Hall–Kier alpha value is -1.23. The maximum Gasteiger partial charge on any atom is 0.334 e. The van der Waals surface area contributed by atoms with Gasteiger partial charge in [-0.25, -0.2) is 0 Å². The molecule has 6 nitrogen and oxygen atoms in total. The van der Waals surface area contributed by atoms with E-state index < -0.39 is 30.1 Å². The van der Waals surface area contributed by atoms with Crippen molar-refractivity contribution >= 4 is 13.6 Å². The second kappa shape index (κ2) is 6.49. The van der Waals surface area contributed by atoms with Crippen molar-refractivity contribution in [3.05, 3.63) is 30.1 Å². The zero-order valence-electron chi connectivity index (χ0n) is 13.3. The van der Waals surface area contributed by atoms with Gasteiger partial charge in [0.25, 0.3) is 0 Å². The van der Waals surface area contributed by atoms with E-state index in [1.54, 1.807) is 32.3 Å². The molecule has 0 bridgehead atoms. The Morgan fingerprint density at radius 3 is 2.23 bits per heavy atom. The molecule has 0 spiro atoms. The van der Waals surface area contributed by atoms with Crippen LogP contribution in [0.15, 0.2) is 24.5 Å². The summed E-state index contributed by atoms with van der Waals surface area (Å²) >= 11 is 0. The van der Waals surface area contributed by atoms with Crippen LogP contribution in [-0.2, 0) is 14.8 Å². The van der Waals surface area contributed by atoms with Crippen LogP contribution in [0.4, 0.5) is 0 Å². The molecule has 0 aromatic carbocycles. The van der Waals surface area contributed by atoms with Gasteiger partial charge in [-0.1, -0.05) is 33.8 Å². The Morgan fingerprint density at radius 2 is 1.91 bits per heavy atom. The first-order chi connectivity index (χ1) is 10.0. The van der Waals surface area contributed by atoms with E-state index in [1.807, 2.05) is 19.9 Å². The Bertz CT molecular complexity index is 563. The van der Waals surface area contributed by atoms with Gasteiger partial charge in [-0.3, -0.25) is 9.55 Å². The summed E-state index contributed by atoms with van der Waals surface area (Å²) in [6.07, 6.45) is 4.27. The third-order valence-electron chi connectivity index (χ3n) is 4.90. The molecule has 124 valence electrons. The molecule has 1 atom stereocenters. The van der Waals surface area contributed by atoms with Gasteiger partial charge >= 0.3 is 7.60 Å². The number of aliphatic carboxylic acids is 1. The molecule has 1 unspecified atom stereocenters. The van der Waals surface area contributed by atoms with E-state index in [9.17, 15) is 24.3 Å². The van der Waals surface area contributed by atoms with Crippen LogP contribution in [0.1, 0.15) is 46.1 Å². The summed E-state index contributed by atoms with van der Waals surface area (Å²) < 4.78 is 11.8. The highest BCUT2D eigenvalue weighted by molar-refractivity contribution is 7.53. The van der Waals surface area contributed by atoms with Gasteiger partial charge in [-0.2, -0.15) is 0 Å². The molecule has 1 rings (SSSR count). The van der Waals surface area contributed by atoms with Gasteiger partial charge in [0, 0.05) is 17.8 Å². The summed E-state index contributed by atoms with van der Waals surface area (Å²) in [5.74, 6) is -1.73. The fourth-order valence-electron chi connectivity index (χ4n) is 3.70. The molecule has 1 heterocycles. The molecule has 0 saturated heterocycles. The lowest BCUT2D eigenvalue weighted by Gasteiger charge is -2.51. The predicted molar refractivity (Wildman–Crippen MR) is 81.1 cm³/mol. The van der Waals surface area contributed by atoms with Crippen LogP contribution in [0.25, 0.3) is 0 Å². The SMILES string of the molecule is CCC(CC)(c1cccnc1)C(C)(C)C(C(=O)[O-])P(=O)(O)O. The molecule has 7 heteroatoms. The first kappa shape index (κ1) is 18.8. The van der Waals surface area contributed by atoms with E-state index in [0.29, 0.717) is 12.8 Å². The van der Waals surface area contributed by atoms with E-state index in [0.717, 1.165) is 5.56 Å². The Balaban J connectivity index is 3.60. The molecule has 1 aromatic rings. The monoisotopic (exact) mass is 328 g/mol. The number of carbonyl (C=O) groups excluding carboxylic acids is 1. The first-order valence-electron chi connectivity index (χ1n) is 7.21. The number of aromatic nitrogens is 1. The van der Waals surface area contributed by atoms with Gasteiger partial charge in [-0.05, 0) is 29.9 Å². The van der Waals surface area contributed by atoms with Crippen molar-refractivity contribution in [1.29, 1.82) is 0 Å². The quantitative estimate of drug-likeness (QED) is 0.733. The molecule has 0 saturated carbocycles. The number of carboxylic acid groups (broad SMARTS) is 1. The molecule has 1 aromatic heterocycles. The summed E-state index contributed by atoms with van der Waals surface area (Å²) in [6.45, 7) is 6.91. The Kier molecular flexibility index (Phi) is 5.55. The largest absolute Gasteiger partial charge is 0.549 e. The maximum absolute atomic E-state index is 11.8. The van der Waals surface area contributed by atoms with Gasteiger partial charge in [-0.15, -0.1) is 0 Å². The topological polar surface area (TPSA) is 111 Å². The van der Waals surface area contributed by atoms with Crippen LogP contribution in [-0.4, -0.2) is 26.4 Å². The average molecular weight is 328 g/mol. The average Bonchev–Trinajstić information content (AvgIpc) is 2.38. The molecular weight excluding hydrogens is 305 g/mol. The number of rotatable bonds is 7. The standard InChI is InChI=1S/C15H24NO5P/c1-5-15(6-2,11-8-7-9-16-10-11)14(3,4)12(13(17)18)22(19,20)21/h7-10,12H,5-6H2,1-4H3,(H,17,18)(H2,19,20,21)/p-1. The van der Waals surface area contributed by atoms with Crippen molar-refractivity contribution < 1.29 is 24.3 Å². The van der Waals surface area contributed by atoms with Gasteiger partial charge in [0.15, 0.2) is 0 Å². The van der Waals surface area contributed by atoms with E-state index >= 15 is 0 Å². The molecular formula is C15H23NO5P-. The van der Waals surface area contributed by atoms with Crippen molar-refractivity contribution in [3.8, 4) is 0 Å². The van der Waals surface area contributed by atoms with Gasteiger partial charge < -0.3 is 19.7 Å². The summed E-state index contributed by atoms with van der Waals surface area (Å²) in [7, 11) is -4.88. The van der Waals surface area contributed by atoms with E-state index in [1.165, 1.54) is 0 Å². The second-order valence-corrected chi connectivity index (χ2v) is 7.76. The Labute approximate surface area is 130 Å². The summed E-state index contributed by atoms with van der Waals surface area (Å²) in [4.78, 5) is 34.7. The zero-order chi connectivity index (χ0) is 17.2. The number of hydrogen-bond acceptors (Lipinski definition) is 4. The second-order valence-electron chi connectivity index (χ2n) is 6.06. The molecule has 22 heavy (non-hydrogen) atoms. The van der Waals surface area contributed by atoms with Crippen molar-refractivity contribution in [2.75, 3.05) is 0 Å². The molecule has 2 N–H and O–H groups in total. The predicted octanol–water partition coefficient (Wildman–Crippen LogP) is 1.46. The molecule has 0 fully saturated rings. The highest BCUT2D eigenvalue weighted by Crippen LogP contribution is 2.58. The molecule has 0 radical (unpaired) electrons. The number of pyridine rings is 1. The van der Waals surface area contributed by atoms with Gasteiger partial charge in [0.1, 0.15) is 5.66 Å². The van der Waals surface area contributed by atoms with Crippen molar-refractivity contribution in [3.63, 3.8) is 0 Å². The summed E-state index contributed by atoms with van der Waals surface area (Å²) in [6, 6.07) is 3.55. The zero-order valence-corrected chi connectivity index (χ0v) is 14.2. The summed E-state index contributed by atoms with van der Waals surface area (Å²) in [5.41, 5.74) is -3.09.